The largest absolute Gasteiger partial charge is 0.377 e. The number of rotatable bonds is 2. The van der Waals surface area contributed by atoms with E-state index in [4.69, 9.17) is 4.74 Å². The van der Waals surface area contributed by atoms with Crippen LogP contribution in [0, 0.1) is 0 Å². The lowest BCUT2D eigenvalue weighted by Crippen LogP contribution is -2.35. The lowest BCUT2D eigenvalue weighted by molar-refractivity contribution is 0.0562. The summed E-state index contributed by atoms with van der Waals surface area (Å²) in [5.41, 5.74) is 1.00. The molecule has 0 saturated carbocycles. The summed E-state index contributed by atoms with van der Waals surface area (Å²) in [6.45, 7) is 8.35. The molecule has 1 amide bonds. The Kier molecular flexibility index (Phi) is 4.35. The summed E-state index contributed by atoms with van der Waals surface area (Å²) in [5, 5.41) is 2.59. The van der Waals surface area contributed by atoms with Crippen LogP contribution in [0.4, 0.5) is 0 Å². The Morgan fingerprint density at radius 1 is 1.61 bits per heavy atom. The number of carbonyl (C=O) groups is 1. The quantitative estimate of drug-likeness (QED) is 0.827. The van der Waals surface area contributed by atoms with Crippen LogP contribution in [0.2, 0.25) is 0 Å². The van der Waals surface area contributed by atoms with Crippen molar-refractivity contribution < 1.29 is 9.53 Å². The van der Waals surface area contributed by atoms with Crippen molar-refractivity contribution in [3.8, 4) is 0 Å². The van der Waals surface area contributed by atoms with Crippen LogP contribution in [-0.4, -0.2) is 41.6 Å². The van der Waals surface area contributed by atoms with Crippen LogP contribution in [0.15, 0.2) is 5.38 Å². The maximum atomic E-state index is 12.4. The van der Waals surface area contributed by atoms with Crippen LogP contribution in [0.25, 0.3) is 0 Å². The Morgan fingerprint density at radius 2 is 2.39 bits per heavy atom. The van der Waals surface area contributed by atoms with Crippen molar-refractivity contribution in [2.45, 2.75) is 39.2 Å². The van der Waals surface area contributed by atoms with E-state index in [-0.39, 0.29) is 12.0 Å². The predicted molar refractivity (Wildman–Crippen MR) is 72.1 cm³/mol. The molecule has 1 aliphatic heterocycles. The van der Waals surface area contributed by atoms with Gasteiger partial charge in [-0.2, -0.15) is 0 Å². The molecule has 1 saturated heterocycles. The number of nitrogens with zero attached hydrogens (tertiary/aromatic N) is 2. The minimum absolute atomic E-state index is 0.0456. The van der Waals surface area contributed by atoms with E-state index < -0.39 is 0 Å². The van der Waals surface area contributed by atoms with Gasteiger partial charge in [-0.1, -0.05) is 13.8 Å². The second kappa shape index (κ2) is 5.80. The summed E-state index contributed by atoms with van der Waals surface area (Å²) in [6, 6.07) is 0. The molecule has 5 heteroatoms. The Balaban J connectivity index is 2.09. The van der Waals surface area contributed by atoms with Crippen molar-refractivity contribution in [3.05, 3.63) is 16.1 Å². The smallest absolute Gasteiger partial charge is 0.282 e. The van der Waals surface area contributed by atoms with Crippen molar-refractivity contribution in [2.24, 2.45) is 0 Å². The van der Waals surface area contributed by atoms with Crippen LogP contribution in [-0.2, 0) is 4.74 Å². The highest BCUT2D eigenvalue weighted by atomic mass is 32.1. The lowest BCUT2D eigenvalue weighted by atomic mass is 10.2. The fourth-order valence-electron chi connectivity index (χ4n) is 1.96. The summed E-state index contributed by atoms with van der Waals surface area (Å²) in [7, 11) is 0. The first-order valence-corrected chi connectivity index (χ1v) is 7.32. The highest BCUT2D eigenvalue weighted by Crippen LogP contribution is 2.20. The molecule has 0 bridgehead atoms. The van der Waals surface area contributed by atoms with E-state index in [2.05, 4.69) is 18.8 Å². The number of hydrogen-bond acceptors (Lipinski definition) is 4. The van der Waals surface area contributed by atoms with Crippen molar-refractivity contribution in [1.29, 1.82) is 0 Å². The predicted octanol–water partition coefficient (Wildman–Crippen LogP) is 2.52. The van der Waals surface area contributed by atoms with Crippen LogP contribution in [0.5, 0.6) is 0 Å². The minimum Gasteiger partial charge on any atom is -0.377 e. The number of ether oxygens (including phenoxy) is 1. The number of carbonyl (C=O) groups excluding carboxylic acids is 1. The molecule has 0 spiro atoms. The van der Waals surface area contributed by atoms with Gasteiger partial charge in [0.05, 0.1) is 11.8 Å². The third-order valence-corrected chi connectivity index (χ3v) is 3.88. The molecular formula is C13H20N2O2S. The molecule has 2 heterocycles. The zero-order valence-electron chi connectivity index (χ0n) is 11.2. The molecule has 1 aromatic heterocycles. The van der Waals surface area contributed by atoms with Gasteiger partial charge in [0, 0.05) is 25.1 Å². The van der Waals surface area contributed by atoms with Crippen molar-refractivity contribution in [3.63, 3.8) is 0 Å². The fourth-order valence-corrected chi connectivity index (χ4v) is 2.91. The van der Waals surface area contributed by atoms with E-state index in [1.807, 2.05) is 17.2 Å². The van der Waals surface area contributed by atoms with E-state index in [0.29, 0.717) is 17.5 Å². The van der Waals surface area contributed by atoms with Gasteiger partial charge in [-0.15, -0.1) is 11.3 Å². The molecule has 1 aliphatic rings. The van der Waals surface area contributed by atoms with Crippen molar-refractivity contribution >= 4 is 17.2 Å². The zero-order chi connectivity index (χ0) is 13.1. The highest BCUT2D eigenvalue weighted by Gasteiger charge is 2.23. The fraction of sp³-hybridized carbons (Fsp3) is 0.692. The van der Waals surface area contributed by atoms with Gasteiger partial charge in [0.1, 0.15) is 0 Å². The van der Waals surface area contributed by atoms with E-state index in [1.165, 1.54) is 11.3 Å². The van der Waals surface area contributed by atoms with Gasteiger partial charge < -0.3 is 9.64 Å². The molecule has 0 radical (unpaired) electrons. The Bertz CT molecular complexity index is 417. The van der Waals surface area contributed by atoms with Gasteiger partial charge in [0.25, 0.3) is 5.91 Å². The van der Waals surface area contributed by atoms with Gasteiger partial charge in [-0.05, 0) is 19.3 Å². The normalized spacial score (nSPS) is 21.1. The summed E-state index contributed by atoms with van der Waals surface area (Å²) in [4.78, 5) is 18.6. The third-order valence-electron chi connectivity index (χ3n) is 3.04. The molecule has 0 aromatic carbocycles. The number of hydrogen-bond donors (Lipinski definition) is 0. The molecule has 0 unspecified atom stereocenters. The SMILES string of the molecule is CC(C)c1csc(C(=O)N2CCCO[C@@H](C)C2)n1. The summed E-state index contributed by atoms with van der Waals surface area (Å²) < 4.78 is 5.55. The Hall–Kier alpha value is -0.940. The molecule has 0 N–H and O–H groups in total. The van der Waals surface area contributed by atoms with E-state index in [9.17, 15) is 4.79 Å². The van der Waals surface area contributed by atoms with Crippen LogP contribution in [0.1, 0.15) is 48.6 Å². The average molecular weight is 268 g/mol. The van der Waals surface area contributed by atoms with E-state index in [1.54, 1.807) is 0 Å². The van der Waals surface area contributed by atoms with Gasteiger partial charge >= 0.3 is 0 Å². The van der Waals surface area contributed by atoms with Crippen LogP contribution >= 0.6 is 11.3 Å². The second-order valence-electron chi connectivity index (χ2n) is 5.02. The molecule has 4 nitrogen and oxygen atoms in total. The second-order valence-corrected chi connectivity index (χ2v) is 5.88. The molecule has 100 valence electrons. The molecular weight excluding hydrogens is 248 g/mol. The molecule has 1 atom stereocenters. The topological polar surface area (TPSA) is 42.4 Å². The first kappa shape index (κ1) is 13.5. The van der Waals surface area contributed by atoms with Gasteiger partial charge in [0.15, 0.2) is 5.01 Å². The number of amides is 1. The van der Waals surface area contributed by atoms with Crippen LogP contribution in [0.3, 0.4) is 0 Å². The number of aromatic nitrogens is 1. The Labute approximate surface area is 112 Å². The lowest BCUT2D eigenvalue weighted by Gasteiger charge is -2.20. The summed E-state index contributed by atoms with van der Waals surface area (Å²) >= 11 is 1.44. The van der Waals surface area contributed by atoms with Crippen molar-refractivity contribution in [2.75, 3.05) is 19.7 Å². The highest BCUT2D eigenvalue weighted by molar-refractivity contribution is 7.11. The minimum atomic E-state index is 0.0456. The summed E-state index contributed by atoms with van der Waals surface area (Å²) in [5.74, 6) is 0.415. The molecule has 0 aliphatic carbocycles. The molecule has 1 aromatic rings. The van der Waals surface area contributed by atoms with E-state index >= 15 is 0 Å². The van der Waals surface area contributed by atoms with Gasteiger partial charge in [-0.25, -0.2) is 4.98 Å². The average Bonchev–Trinajstić information content (AvgIpc) is 2.72. The Morgan fingerprint density at radius 3 is 3.06 bits per heavy atom. The van der Waals surface area contributed by atoms with Crippen LogP contribution < -0.4 is 0 Å². The first-order chi connectivity index (χ1) is 8.58. The zero-order valence-corrected chi connectivity index (χ0v) is 12.0. The summed E-state index contributed by atoms with van der Waals surface area (Å²) in [6.07, 6.45) is 1.01. The van der Waals surface area contributed by atoms with Gasteiger partial charge in [0.2, 0.25) is 0 Å². The van der Waals surface area contributed by atoms with Gasteiger partial charge in [-0.3, -0.25) is 4.79 Å². The van der Waals surface area contributed by atoms with E-state index in [0.717, 1.165) is 25.3 Å². The molecule has 18 heavy (non-hydrogen) atoms. The first-order valence-electron chi connectivity index (χ1n) is 6.44. The van der Waals surface area contributed by atoms with Crippen molar-refractivity contribution in [1.82, 2.24) is 9.88 Å². The maximum Gasteiger partial charge on any atom is 0.282 e. The maximum absolute atomic E-state index is 12.4. The monoisotopic (exact) mass is 268 g/mol. The standard InChI is InChI=1S/C13H20N2O2S/c1-9(2)11-8-18-12(14-11)13(16)15-5-4-6-17-10(3)7-15/h8-10H,4-7H2,1-3H3/t10-/m0/s1. The third kappa shape index (κ3) is 3.09. The molecule has 1 fully saturated rings. The number of thiazole rings is 1. The molecule has 2 rings (SSSR count).